The minimum absolute atomic E-state index is 0.0856. The first-order chi connectivity index (χ1) is 13.4. The summed E-state index contributed by atoms with van der Waals surface area (Å²) in [5.41, 5.74) is 3.41. The molecule has 0 aromatic heterocycles. The minimum atomic E-state index is -0.969. The van der Waals surface area contributed by atoms with Crippen molar-refractivity contribution >= 4 is 23.3 Å². The van der Waals surface area contributed by atoms with Crippen LogP contribution in [0.3, 0.4) is 0 Å². The average Bonchev–Trinajstić information content (AvgIpc) is 2.70. The second kappa shape index (κ2) is 8.44. The van der Waals surface area contributed by atoms with Crippen molar-refractivity contribution in [3.8, 4) is 0 Å². The molecule has 2 aromatic rings. The Kier molecular flexibility index (Phi) is 5.99. The van der Waals surface area contributed by atoms with Gasteiger partial charge in [-0.3, -0.25) is 9.59 Å². The molecular formula is C22H26N2O4. The summed E-state index contributed by atoms with van der Waals surface area (Å²) in [6.45, 7) is 4.95. The highest BCUT2D eigenvalue weighted by molar-refractivity contribution is 6.00. The van der Waals surface area contributed by atoms with Crippen LogP contribution in [0.2, 0.25) is 0 Å². The molecule has 1 amide bonds. The molecule has 3 N–H and O–H groups in total. The smallest absolute Gasteiger partial charge is 0.311 e. The van der Waals surface area contributed by atoms with Gasteiger partial charge in [-0.25, -0.2) is 0 Å². The maximum Gasteiger partial charge on any atom is 0.311 e. The fourth-order valence-electron chi connectivity index (χ4n) is 3.39. The topological polar surface area (TPSA) is 87.7 Å². The number of benzene rings is 2. The molecule has 0 unspecified atom stereocenters. The molecule has 148 valence electrons. The summed E-state index contributed by atoms with van der Waals surface area (Å²) < 4.78 is 5.29. The summed E-state index contributed by atoms with van der Waals surface area (Å²) in [5, 5.41) is 15.8. The van der Waals surface area contributed by atoms with Gasteiger partial charge >= 0.3 is 5.97 Å². The van der Waals surface area contributed by atoms with Gasteiger partial charge in [0.25, 0.3) is 5.91 Å². The molecule has 28 heavy (non-hydrogen) atoms. The molecular weight excluding hydrogens is 356 g/mol. The molecule has 0 spiro atoms. The van der Waals surface area contributed by atoms with Crippen LogP contribution in [-0.4, -0.2) is 36.7 Å². The van der Waals surface area contributed by atoms with E-state index >= 15 is 0 Å². The van der Waals surface area contributed by atoms with Gasteiger partial charge in [0.2, 0.25) is 0 Å². The van der Waals surface area contributed by atoms with Crippen molar-refractivity contribution in [3.63, 3.8) is 0 Å². The molecule has 0 saturated carbocycles. The predicted octanol–water partition coefficient (Wildman–Crippen LogP) is 3.66. The highest BCUT2D eigenvalue weighted by atomic mass is 16.5. The summed E-state index contributed by atoms with van der Waals surface area (Å²) >= 11 is 0. The number of hydrogen-bond donors (Lipinski definition) is 3. The number of ether oxygens (including phenoxy) is 1. The molecule has 0 bridgehead atoms. The number of hydrogen-bond acceptors (Lipinski definition) is 4. The standard InChI is InChI=1S/C22H26N2O4/c1-15-6-5-9-18(16(15)2)24-19-8-4-3-7-17(19)20(25)23-14-22(21(26)27)10-12-28-13-11-22/h3-9,24H,10-14H2,1-2H3,(H,23,25)(H,26,27). The number of nitrogens with one attached hydrogen (secondary N) is 2. The monoisotopic (exact) mass is 382 g/mol. The van der Waals surface area contributed by atoms with E-state index in [0.29, 0.717) is 37.3 Å². The number of carbonyl (C=O) groups is 2. The van der Waals surface area contributed by atoms with E-state index in [9.17, 15) is 14.7 Å². The van der Waals surface area contributed by atoms with Gasteiger partial charge in [0.15, 0.2) is 0 Å². The van der Waals surface area contributed by atoms with E-state index in [2.05, 4.69) is 10.6 Å². The number of carboxylic acid groups (broad SMARTS) is 1. The Bertz CT molecular complexity index is 873. The number of rotatable bonds is 6. The lowest BCUT2D eigenvalue weighted by molar-refractivity contribution is -0.154. The van der Waals surface area contributed by atoms with Gasteiger partial charge in [-0.05, 0) is 56.0 Å². The molecule has 6 heteroatoms. The maximum absolute atomic E-state index is 12.8. The van der Waals surface area contributed by atoms with Gasteiger partial charge in [-0.1, -0.05) is 24.3 Å². The number of anilines is 2. The number of carboxylic acids is 1. The van der Waals surface area contributed by atoms with Gasteiger partial charge in [-0.15, -0.1) is 0 Å². The van der Waals surface area contributed by atoms with E-state index in [1.807, 2.05) is 44.2 Å². The highest BCUT2D eigenvalue weighted by Crippen LogP contribution is 2.31. The van der Waals surface area contributed by atoms with Crippen molar-refractivity contribution in [2.45, 2.75) is 26.7 Å². The average molecular weight is 382 g/mol. The van der Waals surface area contributed by atoms with Crippen LogP contribution in [-0.2, 0) is 9.53 Å². The molecule has 1 heterocycles. The van der Waals surface area contributed by atoms with E-state index in [0.717, 1.165) is 16.8 Å². The number of aliphatic carboxylic acids is 1. The zero-order chi connectivity index (χ0) is 20.1. The third-order valence-corrected chi connectivity index (χ3v) is 5.54. The minimum Gasteiger partial charge on any atom is -0.481 e. The fourth-order valence-corrected chi connectivity index (χ4v) is 3.39. The van der Waals surface area contributed by atoms with Crippen LogP contribution < -0.4 is 10.6 Å². The number of para-hydroxylation sites is 1. The van der Waals surface area contributed by atoms with Gasteiger partial charge in [0, 0.05) is 25.4 Å². The second-order valence-corrected chi connectivity index (χ2v) is 7.30. The first kappa shape index (κ1) is 19.9. The molecule has 0 radical (unpaired) electrons. The molecule has 1 fully saturated rings. The van der Waals surface area contributed by atoms with Crippen molar-refractivity contribution in [2.24, 2.45) is 5.41 Å². The van der Waals surface area contributed by atoms with Crippen molar-refractivity contribution in [1.82, 2.24) is 5.32 Å². The molecule has 1 saturated heterocycles. The Morgan fingerprint density at radius 2 is 1.71 bits per heavy atom. The molecule has 0 atom stereocenters. The number of aryl methyl sites for hydroxylation is 1. The zero-order valence-corrected chi connectivity index (χ0v) is 16.2. The van der Waals surface area contributed by atoms with E-state index in [-0.39, 0.29) is 12.5 Å². The summed E-state index contributed by atoms with van der Waals surface area (Å²) in [6.07, 6.45) is 0.788. The molecule has 2 aromatic carbocycles. The van der Waals surface area contributed by atoms with E-state index in [4.69, 9.17) is 4.74 Å². The van der Waals surface area contributed by atoms with Crippen molar-refractivity contribution in [1.29, 1.82) is 0 Å². The van der Waals surface area contributed by atoms with Gasteiger partial charge in [0.1, 0.15) is 0 Å². The number of amides is 1. The van der Waals surface area contributed by atoms with Crippen LogP contribution in [0.15, 0.2) is 42.5 Å². The lowest BCUT2D eigenvalue weighted by atomic mass is 9.80. The highest BCUT2D eigenvalue weighted by Gasteiger charge is 2.40. The third kappa shape index (κ3) is 4.17. The largest absolute Gasteiger partial charge is 0.481 e. The van der Waals surface area contributed by atoms with Crippen LogP contribution in [0.4, 0.5) is 11.4 Å². The quantitative estimate of drug-likeness (QED) is 0.710. The number of carbonyl (C=O) groups excluding carboxylic acids is 1. The zero-order valence-electron chi connectivity index (χ0n) is 16.2. The fraction of sp³-hybridized carbons (Fsp3) is 0.364. The lowest BCUT2D eigenvalue weighted by Crippen LogP contribution is -2.46. The molecule has 1 aliphatic heterocycles. The van der Waals surface area contributed by atoms with Crippen LogP contribution >= 0.6 is 0 Å². The van der Waals surface area contributed by atoms with Crippen LogP contribution in [0.25, 0.3) is 0 Å². The first-order valence-corrected chi connectivity index (χ1v) is 9.44. The predicted molar refractivity (Wildman–Crippen MR) is 108 cm³/mol. The summed E-state index contributed by atoms with van der Waals surface area (Å²) in [6, 6.07) is 13.2. The second-order valence-electron chi connectivity index (χ2n) is 7.30. The third-order valence-electron chi connectivity index (χ3n) is 5.54. The van der Waals surface area contributed by atoms with Gasteiger partial charge in [-0.2, -0.15) is 0 Å². The Hall–Kier alpha value is -2.86. The Balaban J connectivity index is 1.77. The van der Waals surface area contributed by atoms with Gasteiger partial charge < -0.3 is 20.5 Å². The lowest BCUT2D eigenvalue weighted by Gasteiger charge is -2.33. The maximum atomic E-state index is 12.8. The molecule has 0 aliphatic carbocycles. The molecule has 1 aliphatic rings. The van der Waals surface area contributed by atoms with E-state index in [1.54, 1.807) is 12.1 Å². The SMILES string of the molecule is Cc1cccc(Nc2ccccc2C(=O)NCC2(C(=O)O)CCOCC2)c1C. The van der Waals surface area contributed by atoms with Crippen molar-refractivity contribution < 1.29 is 19.4 Å². The Morgan fingerprint density at radius 1 is 1.04 bits per heavy atom. The van der Waals surface area contributed by atoms with Crippen LogP contribution in [0, 0.1) is 19.3 Å². The molecule has 6 nitrogen and oxygen atoms in total. The van der Waals surface area contributed by atoms with Gasteiger partial charge in [0.05, 0.1) is 16.7 Å². The molecule has 3 rings (SSSR count). The first-order valence-electron chi connectivity index (χ1n) is 9.44. The van der Waals surface area contributed by atoms with Crippen molar-refractivity contribution in [3.05, 3.63) is 59.2 Å². The van der Waals surface area contributed by atoms with E-state index in [1.165, 1.54) is 0 Å². The van der Waals surface area contributed by atoms with Crippen molar-refractivity contribution in [2.75, 3.05) is 25.1 Å². The van der Waals surface area contributed by atoms with Crippen LogP contribution in [0.1, 0.15) is 34.3 Å². The summed E-state index contributed by atoms with van der Waals surface area (Å²) in [4.78, 5) is 24.6. The summed E-state index contributed by atoms with van der Waals surface area (Å²) in [7, 11) is 0. The van der Waals surface area contributed by atoms with E-state index < -0.39 is 11.4 Å². The Morgan fingerprint density at radius 3 is 2.43 bits per heavy atom. The Labute approximate surface area is 164 Å². The summed E-state index contributed by atoms with van der Waals surface area (Å²) in [5.74, 6) is -1.18. The van der Waals surface area contributed by atoms with Crippen LogP contribution in [0.5, 0.6) is 0 Å². The normalized spacial score (nSPS) is 15.6.